The highest BCUT2D eigenvalue weighted by molar-refractivity contribution is 4.91. The van der Waals surface area contributed by atoms with E-state index in [0.29, 0.717) is 0 Å². The Hall–Kier alpha value is -0.0800. The van der Waals surface area contributed by atoms with E-state index in [1.54, 1.807) is 51.4 Å². The Kier molecular flexibility index (Phi) is 9.13. The number of hydrogen-bond donors (Lipinski definition) is 2. The van der Waals surface area contributed by atoms with Crippen molar-refractivity contribution in [3.05, 3.63) is 0 Å². The fourth-order valence-electron chi connectivity index (χ4n) is 9.60. The molecule has 5 aliphatic carbocycles. The van der Waals surface area contributed by atoms with Crippen LogP contribution in [0.1, 0.15) is 128 Å². The standard InChI is InChI=1S/C31H56N2/c32-17-15-23-7-9-24(10-8-23)16-18-33-31(5-1-3-27-19-25-11-13-29(27)21-25)6-2-4-28-20-26-12-14-30(28)22-26/h23-31,33H,1-22,32H2. The number of hydrogen-bond acceptors (Lipinski definition) is 2. The predicted molar refractivity (Wildman–Crippen MR) is 141 cm³/mol. The molecular weight excluding hydrogens is 400 g/mol. The van der Waals surface area contributed by atoms with Gasteiger partial charge in [-0.1, -0.05) is 64.2 Å². The molecule has 6 atom stereocenters. The Morgan fingerprint density at radius 3 is 1.61 bits per heavy atom. The van der Waals surface area contributed by atoms with Crippen LogP contribution in [-0.2, 0) is 0 Å². The monoisotopic (exact) mass is 456 g/mol. The van der Waals surface area contributed by atoms with Gasteiger partial charge in [-0.25, -0.2) is 0 Å². The molecule has 190 valence electrons. The van der Waals surface area contributed by atoms with E-state index in [-0.39, 0.29) is 0 Å². The molecule has 0 aromatic carbocycles. The zero-order valence-electron chi connectivity index (χ0n) is 21.8. The maximum Gasteiger partial charge on any atom is 0.00670 e. The van der Waals surface area contributed by atoms with E-state index in [0.717, 1.165) is 59.9 Å². The molecular formula is C31H56N2. The second-order valence-corrected chi connectivity index (χ2v) is 13.6. The molecule has 2 heteroatoms. The lowest BCUT2D eigenvalue weighted by molar-refractivity contribution is 0.247. The lowest BCUT2D eigenvalue weighted by Gasteiger charge is -2.29. The van der Waals surface area contributed by atoms with Gasteiger partial charge in [0, 0.05) is 6.04 Å². The third-order valence-corrected chi connectivity index (χ3v) is 11.6. The van der Waals surface area contributed by atoms with E-state index in [1.165, 1.54) is 83.6 Å². The largest absolute Gasteiger partial charge is 0.330 e. The molecule has 0 heterocycles. The van der Waals surface area contributed by atoms with E-state index >= 15 is 0 Å². The average Bonchev–Trinajstić information content (AvgIpc) is 3.62. The third-order valence-electron chi connectivity index (χ3n) is 11.6. The summed E-state index contributed by atoms with van der Waals surface area (Å²) in [6.45, 7) is 2.17. The molecule has 0 aliphatic heterocycles. The zero-order valence-corrected chi connectivity index (χ0v) is 21.8. The van der Waals surface area contributed by atoms with Crippen LogP contribution in [0.4, 0.5) is 0 Å². The molecule has 4 bridgehead atoms. The SMILES string of the molecule is NCCC1CCC(CCNC(CCCC2CC3CCC2C3)CCCC2CC3CCC2C3)CC1. The maximum atomic E-state index is 5.79. The average molecular weight is 457 g/mol. The number of nitrogens with two attached hydrogens (primary N) is 1. The summed E-state index contributed by atoms with van der Waals surface area (Å²) >= 11 is 0. The summed E-state index contributed by atoms with van der Waals surface area (Å²) in [4.78, 5) is 0. The predicted octanol–water partition coefficient (Wildman–Crippen LogP) is 7.70. The molecule has 0 aromatic rings. The van der Waals surface area contributed by atoms with Gasteiger partial charge in [-0.15, -0.1) is 0 Å². The molecule has 0 saturated heterocycles. The minimum atomic E-state index is 0.802. The van der Waals surface area contributed by atoms with Crippen molar-refractivity contribution in [2.75, 3.05) is 13.1 Å². The Balaban J connectivity index is 1.01. The minimum absolute atomic E-state index is 0.802. The van der Waals surface area contributed by atoms with Crippen LogP contribution in [0.3, 0.4) is 0 Å². The second kappa shape index (κ2) is 12.2. The van der Waals surface area contributed by atoms with Crippen molar-refractivity contribution in [2.24, 2.45) is 53.1 Å². The smallest absolute Gasteiger partial charge is 0.00670 e. The molecule has 3 N–H and O–H groups in total. The Bertz CT molecular complexity index is 533. The first-order valence-corrected chi connectivity index (χ1v) is 15.7. The molecule has 5 saturated carbocycles. The topological polar surface area (TPSA) is 38.0 Å². The first kappa shape index (κ1) is 24.6. The van der Waals surface area contributed by atoms with E-state index in [4.69, 9.17) is 5.73 Å². The van der Waals surface area contributed by atoms with Gasteiger partial charge in [-0.2, -0.15) is 0 Å². The van der Waals surface area contributed by atoms with Crippen molar-refractivity contribution in [3.63, 3.8) is 0 Å². The van der Waals surface area contributed by atoms with Crippen LogP contribution in [-0.4, -0.2) is 19.1 Å². The van der Waals surface area contributed by atoms with E-state index < -0.39 is 0 Å². The van der Waals surface area contributed by atoms with Crippen molar-refractivity contribution >= 4 is 0 Å². The van der Waals surface area contributed by atoms with Crippen LogP contribution in [0, 0.1) is 47.3 Å². The van der Waals surface area contributed by atoms with Crippen LogP contribution in [0.15, 0.2) is 0 Å². The van der Waals surface area contributed by atoms with Crippen LogP contribution >= 0.6 is 0 Å². The van der Waals surface area contributed by atoms with Crippen LogP contribution in [0.5, 0.6) is 0 Å². The summed E-state index contributed by atoms with van der Waals surface area (Å²) < 4.78 is 0. The number of nitrogens with one attached hydrogen (secondary N) is 1. The molecule has 33 heavy (non-hydrogen) atoms. The number of fused-ring (bicyclic) bond motifs is 4. The van der Waals surface area contributed by atoms with Gasteiger partial charge in [0.25, 0.3) is 0 Å². The zero-order chi connectivity index (χ0) is 22.5. The summed E-state index contributed by atoms with van der Waals surface area (Å²) in [5, 5.41) is 4.10. The Morgan fingerprint density at radius 2 is 1.15 bits per heavy atom. The minimum Gasteiger partial charge on any atom is -0.330 e. The normalized spacial score (nSPS) is 40.6. The van der Waals surface area contributed by atoms with Gasteiger partial charge >= 0.3 is 0 Å². The van der Waals surface area contributed by atoms with Gasteiger partial charge < -0.3 is 11.1 Å². The summed E-state index contributed by atoms with van der Waals surface area (Å²) in [5.41, 5.74) is 5.79. The first-order valence-electron chi connectivity index (χ1n) is 15.7. The molecule has 5 aliphatic rings. The lowest BCUT2D eigenvalue weighted by atomic mass is 9.79. The highest BCUT2D eigenvalue weighted by Crippen LogP contribution is 2.51. The van der Waals surface area contributed by atoms with Gasteiger partial charge in [0.15, 0.2) is 0 Å². The molecule has 0 radical (unpaired) electrons. The molecule has 5 rings (SSSR count). The van der Waals surface area contributed by atoms with Crippen molar-refractivity contribution in [1.29, 1.82) is 0 Å². The van der Waals surface area contributed by atoms with Gasteiger partial charge in [0.2, 0.25) is 0 Å². The third kappa shape index (κ3) is 6.78. The quantitative estimate of drug-likeness (QED) is 0.281. The molecule has 5 fully saturated rings. The van der Waals surface area contributed by atoms with Crippen LogP contribution in [0.2, 0.25) is 0 Å². The van der Waals surface area contributed by atoms with Gasteiger partial charge in [0.1, 0.15) is 0 Å². The van der Waals surface area contributed by atoms with Gasteiger partial charge in [-0.05, 0) is 125 Å². The summed E-state index contributed by atoms with van der Waals surface area (Å²) in [6, 6.07) is 0.802. The molecule has 2 nitrogen and oxygen atoms in total. The highest BCUT2D eigenvalue weighted by Gasteiger charge is 2.39. The number of rotatable bonds is 14. The first-order chi connectivity index (χ1) is 16.3. The Labute approximate surface area is 206 Å². The highest BCUT2D eigenvalue weighted by atomic mass is 14.9. The van der Waals surface area contributed by atoms with Gasteiger partial charge in [-0.3, -0.25) is 0 Å². The van der Waals surface area contributed by atoms with E-state index in [2.05, 4.69) is 5.32 Å². The molecule has 0 amide bonds. The fourth-order valence-corrected chi connectivity index (χ4v) is 9.60. The van der Waals surface area contributed by atoms with Crippen molar-refractivity contribution in [1.82, 2.24) is 5.32 Å². The second-order valence-electron chi connectivity index (χ2n) is 13.6. The lowest BCUT2D eigenvalue weighted by Crippen LogP contribution is -2.32. The summed E-state index contributed by atoms with van der Waals surface area (Å²) in [5.74, 6) is 8.59. The van der Waals surface area contributed by atoms with E-state index in [9.17, 15) is 0 Å². The summed E-state index contributed by atoms with van der Waals surface area (Å²) in [6.07, 6.45) is 30.0. The Morgan fingerprint density at radius 1 is 0.606 bits per heavy atom. The van der Waals surface area contributed by atoms with Gasteiger partial charge in [0.05, 0.1) is 0 Å². The van der Waals surface area contributed by atoms with Crippen LogP contribution < -0.4 is 11.1 Å². The van der Waals surface area contributed by atoms with E-state index in [1.807, 2.05) is 0 Å². The van der Waals surface area contributed by atoms with Crippen molar-refractivity contribution in [3.8, 4) is 0 Å². The maximum absolute atomic E-state index is 5.79. The van der Waals surface area contributed by atoms with Crippen molar-refractivity contribution in [2.45, 2.75) is 134 Å². The van der Waals surface area contributed by atoms with Crippen molar-refractivity contribution < 1.29 is 0 Å². The summed E-state index contributed by atoms with van der Waals surface area (Å²) in [7, 11) is 0. The molecule has 0 aromatic heterocycles. The molecule has 6 unspecified atom stereocenters. The molecule has 0 spiro atoms. The van der Waals surface area contributed by atoms with Crippen LogP contribution in [0.25, 0.3) is 0 Å². The fraction of sp³-hybridized carbons (Fsp3) is 1.00.